The highest BCUT2D eigenvalue weighted by Gasteiger charge is 2.27. The summed E-state index contributed by atoms with van der Waals surface area (Å²) >= 11 is 1.74. The monoisotopic (exact) mass is 461 g/mol. The fraction of sp³-hybridized carbons (Fsp3) is 0.455. The first kappa shape index (κ1) is 22.0. The molecule has 2 amide bonds. The van der Waals surface area contributed by atoms with Crippen LogP contribution in [0.3, 0.4) is 0 Å². The zero-order valence-corrected chi connectivity index (χ0v) is 19.0. The van der Waals surface area contributed by atoms with Crippen LogP contribution in [-0.4, -0.2) is 55.7 Å². The van der Waals surface area contributed by atoms with Crippen molar-refractivity contribution < 1.29 is 18.0 Å². The predicted octanol–water partition coefficient (Wildman–Crippen LogP) is 2.38. The summed E-state index contributed by atoms with van der Waals surface area (Å²) in [6.45, 7) is 2.35. The van der Waals surface area contributed by atoms with Crippen molar-refractivity contribution in [1.29, 1.82) is 0 Å². The second kappa shape index (κ2) is 9.50. The maximum Gasteiger partial charge on any atom is 0.240 e. The fourth-order valence-electron chi connectivity index (χ4n) is 4.13. The number of piperidine rings is 1. The summed E-state index contributed by atoms with van der Waals surface area (Å²) in [5.41, 5.74) is 1.22. The summed E-state index contributed by atoms with van der Waals surface area (Å²) in [5.74, 6) is -0.0124. The van der Waals surface area contributed by atoms with Gasteiger partial charge in [-0.15, -0.1) is 11.3 Å². The van der Waals surface area contributed by atoms with Crippen LogP contribution in [0.4, 0.5) is 0 Å². The molecule has 0 saturated carbocycles. The predicted molar refractivity (Wildman–Crippen MR) is 119 cm³/mol. The van der Waals surface area contributed by atoms with Crippen molar-refractivity contribution in [3.8, 4) is 0 Å². The summed E-state index contributed by atoms with van der Waals surface area (Å²) < 4.78 is 27.7. The summed E-state index contributed by atoms with van der Waals surface area (Å²) in [4.78, 5) is 30.3. The molecule has 2 aliphatic heterocycles. The van der Waals surface area contributed by atoms with E-state index in [2.05, 4.69) is 16.2 Å². The highest BCUT2D eigenvalue weighted by atomic mass is 32.2. The third-order valence-corrected chi connectivity index (χ3v) is 8.50. The Morgan fingerprint density at radius 1 is 0.968 bits per heavy atom. The zero-order chi connectivity index (χ0) is 21.8. The van der Waals surface area contributed by atoms with E-state index in [0.717, 1.165) is 6.42 Å². The maximum absolute atomic E-state index is 12.6. The van der Waals surface area contributed by atoms with E-state index in [1.807, 2.05) is 4.90 Å². The van der Waals surface area contributed by atoms with Gasteiger partial charge in [-0.2, -0.15) is 0 Å². The molecule has 2 aromatic rings. The van der Waals surface area contributed by atoms with Crippen LogP contribution in [0.15, 0.2) is 46.7 Å². The van der Waals surface area contributed by atoms with Gasteiger partial charge in [0.15, 0.2) is 0 Å². The molecule has 1 saturated heterocycles. The van der Waals surface area contributed by atoms with Crippen molar-refractivity contribution >= 4 is 33.2 Å². The quantitative estimate of drug-likeness (QED) is 0.716. The summed E-state index contributed by atoms with van der Waals surface area (Å²) in [7, 11) is -3.55. The van der Waals surface area contributed by atoms with Gasteiger partial charge in [-0.1, -0.05) is 18.2 Å². The molecule has 1 aromatic carbocycles. The van der Waals surface area contributed by atoms with E-state index in [1.165, 1.54) is 10.4 Å². The number of carbonyl (C=O) groups excluding carboxylic acids is 2. The van der Waals surface area contributed by atoms with Crippen LogP contribution < -0.4 is 4.72 Å². The third kappa shape index (κ3) is 5.34. The molecule has 0 atom stereocenters. The van der Waals surface area contributed by atoms with E-state index in [4.69, 9.17) is 0 Å². The highest BCUT2D eigenvalue weighted by Crippen LogP contribution is 2.24. The van der Waals surface area contributed by atoms with E-state index in [-0.39, 0.29) is 35.6 Å². The van der Waals surface area contributed by atoms with Crippen LogP contribution in [0.25, 0.3) is 0 Å². The molecule has 0 unspecified atom stereocenters. The largest absolute Gasteiger partial charge is 0.343 e. The van der Waals surface area contributed by atoms with Crippen LogP contribution in [0.2, 0.25) is 0 Å². The molecule has 0 radical (unpaired) electrons. The Morgan fingerprint density at radius 2 is 1.65 bits per heavy atom. The molecule has 166 valence electrons. The fourth-order valence-corrected chi connectivity index (χ4v) is 6.34. The molecule has 31 heavy (non-hydrogen) atoms. The van der Waals surface area contributed by atoms with Crippen molar-refractivity contribution in [2.75, 3.05) is 19.6 Å². The van der Waals surface area contributed by atoms with Crippen LogP contribution >= 0.6 is 11.3 Å². The number of sulfonamides is 1. The van der Waals surface area contributed by atoms with Crippen molar-refractivity contribution in [1.82, 2.24) is 14.5 Å². The molecule has 1 N–H and O–H groups in total. The van der Waals surface area contributed by atoms with Crippen LogP contribution in [0.5, 0.6) is 0 Å². The smallest absolute Gasteiger partial charge is 0.240 e. The Bertz CT molecular complexity index is 1030. The number of hydrogen-bond acceptors (Lipinski definition) is 5. The van der Waals surface area contributed by atoms with Gasteiger partial charge in [0.05, 0.1) is 4.90 Å². The Kier molecular flexibility index (Phi) is 6.74. The topological polar surface area (TPSA) is 86.8 Å². The number of nitrogens with zero attached hydrogens (tertiary/aromatic N) is 2. The molecule has 2 aliphatic rings. The highest BCUT2D eigenvalue weighted by molar-refractivity contribution is 7.89. The molecule has 9 heteroatoms. The van der Waals surface area contributed by atoms with Crippen molar-refractivity contribution in [3.05, 3.63) is 52.2 Å². The lowest BCUT2D eigenvalue weighted by Crippen LogP contribution is -2.46. The molecule has 3 heterocycles. The minimum Gasteiger partial charge on any atom is -0.343 e. The maximum atomic E-state index is 12.6. The van der Waals surface area contributed by atoms with Gasteiger partial charge in [0, 0.05) is 49.9 Å². The molecule has 0 bridgehead atoms. The zero-order valence-electron chi connectivity index (χ0n) is 17.3. The minimum absolute atomic E-state index is 0.0238. The number of nitrogens with one attached hydrogen (secondary N) is 1. The average molecular weight is 462 g/mol. The number of hydrogen-bond donors (Lipinski definition) is 1. The SMILES string of the molecule is O=C(CCC(=O)N1CCc2sccc2C1)N1CCC(NS(=O)(=O)c2ccccc2)CC1. The second-order valence-corrected chi connectivity index (χ2v) is 10.7. The molecule has 0 aliphatic carbocycles. The van der Waals surface area contributed by atoms with E-state index in [9.17, 15) is 18.0 Å². The van der Waals surface area contributed by atoms with E-state index in [1.54, 1.807) is 46.6 Å². The number of thiophene rings is 1. The van der Waals surface area contributed by atoms with Gasteiger partial charge in [-0.05, 0) is 48.4 Å². The number of fused-ring (bicyclic) bond motifs is 1. The Labute approximate surface area is 187 Å². The van der Waals surface area contributed by atoms with Crippen molar-refractivity contribution in [2.45, 2.75) is 49.6 Å². The van der Waals surface area contributed by atoms with Crippen LogP contribution in [0, 0.1) is 0 Å². The third-order valence-electron chi connectivity index (χ3n) is 5.94. The first-order valence-corrected chi connectivity index (χ1v) is 13.0. The van der Waals surface area contributed by atoms with Gasteiger partial charge < -0.3 is 9.80 Å². The molecule has 7 nitrogen and oxygen atoms in total. The summed E-state index contributed by atoms with van der Waals surface area (Å²) in [5, 5.41) is 2.06. The standard InChI is InChI=1S/C22H27N3O4S2/c26-21(6-7-22(27)25-14-10-20-17(16-25)11-15-30-20)24-12-8-18(9-13-24)23-31(28,29)19-4-2-1-3-5-19/h1-5,11,15,18,23H,6-10,12-14,16H2. The van der Waals surface area contributed by atoms with Crippen molar-refractivity contribution in [2.24, 2.45) is 0 Å². The van der Waals surface area contributed by atoms with Crippen LogP contribution in [0.1, 0.15) is 36.1 Å². The van der Waals surface area contributed by atoms with Crippen molar-refractivity contribution in [3.63, 3.8) is 0 Å². The molecule has 0 spiro atoms. The average Bonchev–Trinajstić information content (AvgIpc) is 3.26. The lowest BCUT2D eigenvalue weighted by atomic mass is 10.1. The second-order valence-electron chi connectivity index (χ2n) is 8.02. The Morgan fingerprint density at radius 3 is 2.35 bits per heavy atom. The molecule has 1 aromatic heterocycles. The van der Waals surface area contributed by atoms with Crippen LogP contribution in [-0.2, 0) is 32.6 Å². The van der Waals surface area contributed by atoms with Gasteiger partial charge in [0.1, 0.15) is 0 Å². The van der Waals surface area contributed by atoms with E-state index < -0.39 is 10.0 Å². The molecule has 4 rings (SSSR count). The molecule has 1 fully saturated rings. The first-order valence-electron chi connectivity index (χ1n) is 10.6. The molecular formula is C22H27N3O4S2. The Balaban J connectivity index is 1.21. The normalized spacial score (nSPS) is 17.4. The Hall–Kier alpha value is -2.23. The summed E-state index contributed by atoms with van der Waals surface area (Å²) in [6, 6.07) is 10.2. The lowest BCUT2D eigenvalue weighted by Gasteiger charge is -2.32. The number of rotatable bonds is 6. The van der Waals surface area contributed by atoms with Gasteiger partial charge in [0.2, 0.25) is 21.8 Å². The van der Waals surface area contributed by atoms with Gasteiger partial charge in [-0.25, -0.2) is 13.1 Å². The minimum atomic E-state index is -3.55. The number of likely N-dealkylation sites (tertiary alicyclic amines) is 1. The summed E-state index contributed by atoms with van der Waals surface area (Å²) in [6.07, 6.45) is 2.45. The first-order chi connectivity index (χ1) is 14.9. The number of benzene rings is 1. The van der Waals surface area contributed by atoms with Gasteiger partial charge in [-0.3, -0.25) is 9.59 Å². The number of carbonyl (C=O) groups is 2. The molecular weight excluding hydrogens is 434 g/mol. The van der Waals surface area contributed by atoms with E-state index in [0.29, 0.717) is 39.0 Å². The number of amides is 2. The van der Waals surface area contributed by atoms with Gasteiger partial charge in [0.25, 0.3) is 0 Å². The van der Waals surface area contributed by atoms with E-state index >= 15 is 0 Å². The van der Waals surface area contributed by atoms with Gasteiger partial charge >= 0.3 is 0 Å². The lowest BCUT2D eigenvalue weighted by molar-refractivity contribution is -0.138.